The maximum Gasteiger partial charge on any atom is 0.342 e. The molecule has 17 heavy (non-hydrogen) atoms. The van der Waals surface area contributed by atoms with Crippen LogP contribution < -0.4 is 5.56 Å². The zero-order valence-corrected chi connectivity index (χ0v) is 8.84. The number of H-pyrrole nitrogens is 1. The van der Waals surface area contributed by atoms with Crippen molar-refractivity contribution in [2.75, 3.05) is 0 Å². The van der Waals surface area contributed by atoms with Crippen molar-refractivity contribution in [3.05, 3.63) is 40.2 Å². The third-order valence-electron chi connectivity index (χ3n) is 2.05. The summed E-state index contributed by atoms with van der Waals surface area (Å²) >= 11 is 0. The number of rotatable bonds is 2. The predicted molar refractivity (Wildman–Crippen MR) is 57.6 cm³/mol. The summed E-state index contributed by atoms with van der Waals surface area (Å²) in [7, 11) is 0. The highest BCUT2D eigenvalue weighted by Gasteiger charge is 2.11. The third-order valence-corrected chi connectivity index (χ3v) is 2.05. The maximum atomic E-state index is 11.4. The first-order valence-corrected chi connectivity index (χ1v) is 4.70. The lowest BCUT2D eigenvalue weighted by atomic mass is 10.3. The molecule has 0 aliphatic carbocycles. The number of carboxylic acid groups (broad SMARTS) is 1. The molecular weight excluding hydrogens is 224 g/mol. The molecule has 2 aromatic heterocycles. The SMILES string of the molecule is Cc1nccc(-c2ncc(C(=O)O)c(=O)[nH]2)n1. The van der Waals surface area contributed by atoms with Crippen LogP contribution in [0.15, 0.2) is 23.3 Å². The Bertz CT molecular complexity index is 635. The summed E-state index contributed by atoms with van der Waals surface area (Å²) in [5.74, 6) is -0.567. The van der Waals surface area contributed by atoms with Crippen molar-refractivity contribution in [3.63, 3.8) is 0 Å². The minimum atomic E-state index is -1.32. The van der Waals surface area contributed by atoms with E-state index in [1.807, 2.05) is 0 Å². The molecule has 0 bridgehead atoms. The highest BCUT2D eigenvalue weighted by Crippen LogP contribution is 2.08. The van der Waals surface area contributed by atoms with Gasteiger partial charge in [0.15, 0.2) is 5.82 Å². The Balaban J connectivity index is 2.52. The van der Waals surface area contributed by atoms with Crippen LogP contribution in [0, 0.1) is 6.92 Å². The van der Waals surface area contributed by atoms with Gasteiger partial charge in [-0.15, -0.1) is 0 Å². The van der Waals surface area contributed by atoms with Crippen molar-refractivity contribution < 1.29 is 9.90 Å². The second-order valence-corrected chi connectivity index (χ2v) is 3.27. The number of carbonyl (C=O) groups is 1. The van der Waals surface area contributed by atoms with Crippen molar-refractivity contribution in [1.29, 1.82) is 0 Å². The molecule has 86 valence electrons. The summed E-state index contributed by atoms with van der Waals surface area (Å²) in [6, 6.07) is 1.58. The van der Waals surface area contributed by atoms with Crippen LogP contribution >= 0.6 is 0 Å². The fraction of sp³-hybridized carbons (Fsp3) is 0.100. The van der Waals surface area contributed by atoms with E-state index in [9.17, 15) is 9.59 Å². The monoisotopic (exact) mass is 232 g/mol. The van der Waals surface area contributed by atoms with Gasteiger partial charge in [0.05, 0.1) is 0 Å². The largest absolute Gasteiger partial charge is 0.477 e. The number of nitrogens with zero attached hydrogens (tertiary/aromatic N) is 3. The first-order valence-electron chi connectivity index (χ1n) is 4.70. The number of nitrogens with one attached hydrogen (secondary N) is 1. The number of carboxylic acids is 1. The van der Waals surface area contributed by atoms with Gasteiger partial charge in [0.1, 0.15) is 17.1 Å². The molecule has 2 N–H and O–H groups in total. The first-order chi connectivity index (χ1) is 8.08. The van der Waals surface area contributed by atoms with Gasteiger partial charge in [-0.1, -0.05) is 0 Å². The topological polar surface area (TPSA) is 109 Å². The van der Waals surface area contributed by atoms with Gasteiger partial charge in [0, 0.05) is 12.4 Å². The van der Waals surface area contributed by atoms with Gasteiger partial charge in [-0.2, -0.15) is 0 Å². The number of aryl methyl sites for hydroxylation is 1. The summed E-state index contributed by atoms with van der Waals surface area (Å²) in [5, 5.41) is 8.69. The normalized spacial score (nSPS) is 10.2. The quantitative estimate of drug-likeness (QED) is 0.767. The molecule has 0 saturated heterocycles. The molecule has 0 radical (unpaired) electrons. The van der Waals surface area contributed by atoms with E-state index in [2.05, 4.69) is 19.9 Å². The second-order valence-electron chi connectivity index (χ2n) is 3.27. The van der Waals surface area contributed by atoms with Gasteiger partial charge in [-0.25, -0.2) is 19.7 Å². The van der Waals surface area contributed by atoms with E-state index in [1.54, 1.807) is 13.0 Å². The minimum absolute atomic E-state index is 0.213. The summed E-state index contributed by atoms with van der Waals surface area (Å²) in [4.78, 5) is 36.2. The van der Waals surface area contributed by atoms with Crippen LogP contribution in [0.3, 0.4) is 0 Å². The molecule has 2 aromatic rings. The lowest BCUT2D eigenvalue weighted by molar-refractivity contribution is 0.0694. The van der Waals surface area contributed by atoms with E-state index in [0.29, 0.717) is 11.5 Å². The minimum Gasteiger partial charge on any atom is -0.477 e. The highest BCUT2D eigenvalue weighted by molar-refractivity contribution is 5.86. The van der Waals surface area contributed by atoms with Crippen LogP contribution in [-0.2, 0) is 0 Å². The smallest absolute Gasteiger partial charge is 0.342 e. The molecule has 0 saturated carbocycles. The molecule has 0 unspecified atom stereocenters. The van der Waals surface area contributed by atoms with Gasteiger partial charge >= 0.3 is 5.97 Å². The molecule has 0 atom stereocenters. The predicted octanol–water partition coefficient (Wildman–Crippen LogP) is 0.234. The number of aromatic nitrogens is 4. The molecule has 7 heteroatoms. The molecular formula is C10H8N4O3. The standard InChI is InChI=1S/C10H8N4O3/c1-5-11-3-2-7(13-5)8-12-4-6(10(16)17)9(15)14-8/h2-4H,1H3,(H,16,17)(H,12,14,15). The first kappa shape index (κ1) is 10.9. The molecule has 7 nitrogen and oxygen atoms in total. The second kappa shape index (κ2) is 4.12. The van der Waals surface area contributed by atoms with E-state index in [0.717, 1.165) is 6.20 Å². The fourth-order valence-corrected chi connectivity index (χ4v) is 1.27. The fourth-order valence-electron chi connectivity index (χ4n) is 1.27. The van der Waals surface area contributed by atoms with E-state index >= 15 is 0 Å². The number of aromatic amines is 1. The Morgan fingerprint density at radius 3 is 2.76 bits per heavy atom. The van der Waals surface area contributed by atoms with Gasteiger partial charge in [-0.3, -0.25) is 4.79 Å². The van der Waals surface area contributed by atoms with E-state index in [4.69, 9.17) is 5.11 Å². The Hall–Kier alpha value is -2.57. The van der Waals surface area contributed by atoms with Crippen LogP contribution in [0.25, 0.3) is 11.5 Å². The summed E-state index contributed by atoms with van der Waals surface area (Å²) < 4.78 is 0. The number of hydrogen-bond donors (Lipinski definition) is 2. The number of hydrogen-bond acceptors (Lipinski definition) is 5. The molecule has 0 aliphatic heterocycles. The molecule has 2 rings (SSSR count). The van der Waals surface area contributed by atoms with Crippen molar-refractivity contribution in [2.24, 2.45) is 0 Å². The van der Waals surface area contributed by atoms with Crippen molar-refractivity contribution >= 4 is 5.97 Å². The maximum absolute atomic E-state index is 11.4. The van der Waals surface area contributed by atoms with Crippen LogP contribution in [0.2, 0.25) is 0 Å². The zero-order chi connectivity index (χ0) is 12.4. The van der Waals surface area contributed by atoms with Crippen molar-refractivity contribution in [3.8, 4) is 11.5 Å². The van der Waals surface area contributed by atoms with Crippen molar-refractivity contribution in [1.82, 2.24) is 19.9 Å². The Labute approximate surface area is 95.2 Å². The highest BCUT2D eigenvalue weighted by atomic mass is 16.4. The van der Waals surface area contributed by atoms with Crippen molar-refractivity contribution in [2.45, 2.75) is 6.92 Å². The molecule has 0 spiro atoms. The molecule has 0 fully saturated rings. The summed E-state index contributed by atoms with van der Waals surface area (Å²) in [6.07, 6.45) is 2.54. The Morgan fingerprint density at radius 1 is 1.41 bits per heavy atom. The van der Waals surface area contributed by atoms with Gasteiger partial charge in [0.2, 0.25) is 0 Å². The van der Waals surface area contributed by atoms with Crippen LogP contribution in [0.4, 0.5) is 0 Å². The summed E-state index contributed by atoms with van der Waals surface area (Å²) in [5.41, 5.74) is -0.676. The molecule has 0 amide bonds. The lowest BCUT2D eigenvalue weighted by Crippen LogP contribution is -2.19. The van der Waals surface area contributed by atoms with Crippen LogP contribution in [0.5, 0.6) is 0 Å². The van der Waals surface area contributed by atoms with E-state index in [-0.39, 0.29) is 5.82 Å². The lowest BCUT2D eigenvalue weighted by Gasteiger charge is -2.00. The summed E-state index contributed by atoms with van der Waals surface area (Å²) in [6.45, 7) is 1.70. The van der Waals surface area contributed by atoms with E-state index in [1.165, 1.54) is 6.20 Å². The molecule has 2 heterocycles. The third kappa shape index (κ3) is 2.17. The average Bonchev–Trinajstić information content (AvgIpc) is 2.28. The average molecular weight is 232 g/mol. The zero-order valence-electron chi connectivity index (χ0n) is 8.84. The van der Waals surface area contributed by atoms with Gasteiger partial charge < -0.3 is 10.1 Å². The molecule has 0 aromatic carbocycles. The number of aromatic carboxylic acids is 1. The molecule has 0 aliphatic rings. The van der Waals surface area contributed by atoms with Crippen LogP contribution in [0.1, 0.15) is 16.2 Å². The Kier molecular flexibility index (Phi) is 2.65. The van der Waals surface area contributed by atoms with Gasteiger partial charge in [-0.05, 0) is 13.0 Å². The Morgan fingerprint density at radius 2 is 2.18 bits per heavy atom. The van der Waals surface area contributed by atoms with Crippen LogP contribution in [-0.4, -0.2) is 31.0 Å². The van der Waals surface area contributed by atoms with Gasteiger partial charge in [0.25, 0.3) is 5.56 Å². The van der Waals surface area contributed by atoms with E-state index < -0.39 is 17.1 Å².